The molecule has 1 saturated carbocycles. The first-order chi connectivity index (χ1) is 8.78. The topological polar surface area (TPSA) is 47.0 Å². The number of nitrogens with zero attached hydrogens (tertiary/aromatic N) is 2. The number of aromatic nitrogens is 2. The standard InChI is InChI=1S/C14H23N3O/c1-3-15-13-8-11(2)16-14(17-13)10-18-9-12-6-4-5-7-12/h8,12H,3-7,9-10H2,1-2H3,(H,15,16,17). The van der Waals surface area contributed by atoms with E-state index in [2.05, 4.69) is 22.2 Å². The second-order valence-electron chi connectivity index (χ2n) is 5.01. The monoisotopic (exact) mass is 249 g/mol. The van der Waals surface area contributed by atoms with Gasteiger partial charge in [0.05, 0.1) is 0 Å². The van der Waals surface area contributed by atoms with Gasteiger partial charge in [-0.2, -0.15) is 0 Å². The lowest BCUT2D eigenvalue weighted by molar-refractivity contribution is 0.0843. The van der Waals surface area contributed by atoms with Crippen molar-refractivity contribution in [2.45, 2.75) is 46.1 Å². The molecule has 4 heteroatoms. The van der Waals surface area contributed by atoms with Crippen LogP contribution in [0.3, 0.4) is 0 Å². The lowest BCUT2D eigenvalue weighted by Gasteiger charge is -2.10. The van der Waals surface area contributed by atoms with E-state index < -0.39 is 0 Å². The van der Waals surface area contributed by atoms with Gasteiger partial charge in [-0.15, -0.1) is 0 Å². The highest BCUT2D eigenvalue weighted by Crippen LogP contribution is 2.24. The molecular formula is C14H23N3O. The van der Waals surface area contributed by atoms with Crippen molar-refractivity contribution in [3.8, 4) is 0 Å². The van der Waals surface area contributed by atoms with Crippen molar-refractivity contribution in [1.29, 1.82) is 0 Å². The van der Waals surface area contributed by atoms with Crippen LogP contribution in [-0.2, 0) is 11.3 Å². The molecule has 0 spiro atoms. The smallest absolute Gasteiger partial charge is 0.156 e. The van der Waals surface area contributed by atoms with Crippen molar-refractivity contribution in [1.82, 2.24) is 9.97 Å². The molecule has 1 aromatic rings. The number of hydrogen-bond acceptors (Lipinski definition) is 4. The molecule has 100 valence electrons. The van der Waals surface area contributed by atoms with Crippen molar-refractivity contribution in [2.75, 3.05) is 18.5 Å². The SMILES string of the molecule is CCNc1cc(C)nc(COCC2CCCC2)n1. The molecule has 1 aliphatic carbocycles. The minimum absolute atomic E-state index is 0.524. The van der Waals surface area contributed by atoms with E-state index in [0.717, 1.165) is 36.4 Å². The van der Waals surface area contributed by atoms with Crippen LogP contribution in [0.2, 0.25) is 0 Å². The average molecular weight is 249 g/mol. The average Bonchev–Trinajstić information content (AvgIpc) is 2.82. The van der Waals surface area contributed by atoms with Crippen LogP contribution in [-0.4, -0.2) is 23.1 Å². The normalized spacial score (nSPS) is 16.1. The van der Waals surface area contributed by atoms with E-state index in [1.54, 1.807) is 0 Å². The van der Waals surface area contributed by atoms with Gasteiger partial charge in [-0.25, -0.2) is 9.97 Å². The Kier molecular flexibility index (Phi) is 4.93. The molecule has 1 aliphatic rings. The third kappa shape index (κ3) is 3.95. The second kappa shape index (κ2) is 6.69. The van der Waals surface area contributed by atoms with E-state index in [4.69, 9.17) is 4.74 Å². The number of hydrogen-bond donors (Lipinski definition) is 1. The summed E-state index contributed by atoms with van der Waals surface area (Å²) < 4.78 is 5.74. The summed E-state index contributed by atoms with van der Waals surface area (Å²) in [7, 11) is 0. The zero-order chi connectivity index (χ0) is 12.8. The summed E-state index contributed by atoms with van der Waals surface area (Å²) >= 11 is 0. The maximum absolute atomic E-state index is 5.74. The fourth-order valence-electron chi connectivity index (χ4n) is 2.46. The molecule has 0 amide bonds. The number of nitrogens with one attached hydrogen (secondary N) is 1. The van der Waals surface area contributed by atoms with Crippen LogP contribution in [0.4, 0.5) is 5.82 Å². The fourth-order valence-corrected chi connectivity index (χ4v) is 2.46. The lowest BCUT2D eigenvalue weighted by Crippen LogP contribution is -2.09. The van der Waals surface area contributed by atoms with Crippen molar-refractivity contribution in [3.05, 3.63) is 17.6 Å². The van der Waals surface area contributed by atoms with E-state index in [-0.39, 0.29) is 0 Å². The maximum Gasteiger partial charge on any atom is 0.156 e. The van der Waals surface area contributed by atoms with Crippen molar-refractivity contribution >= 4 is 5.82 Å². The van der Waals surface area contributed by atoms with Crippen molar-refractivity contribution < 1.29 is 4.74 Å². The molecule has 0 atom stereocenters. The van der Waals surface area contributed by atoms with Crippen molar-refractivity contribution in [2.24, 2.45) is 5.92 Å². The first kappa shape index (κ1) is 13.3. The number of anilines is 1. The van der Waals surface area contributed by atoms with Crippen LogP contribution in [0.1, 0.15) is 44.1 Å². The molecule has 1 aromatic heterocycles. The Balaban J connectivity index is 1.83. The molecule has 1 fully saturated rings. The molecular weight excluding hydrogens is 226 g/mol. The molecule has 0 bridgehead atoms. The van der Waals surface area contributed by atoms with E-state index in [9.17, 15) is 0 Å². The fraction of sp³-hybridized carbons (Fsp3) is 0.714. The Morgan fingerprint density at radius 3 is 2.83 bits per heavy atom. The zero-order valence-electron chi connectivity index (χ0n) is 11.4. The van der Waals surface area contributed by atoms with Crippen LogP contribution in [0.15, 0.2) is 6.07 Å². The van der Waals surface area contributed by atoms with Crippen molar-refractivity contribution in [3.63, 3.8) is 0 Å². The molecule has 0 aliphatic heterocycles. The highest BCUT2D eigenvalue weighted by molar-refractivity contribution is 5.35. The third-order valence-electron chi connectivity index (χ3n) is 3.32. The van der Waals surface area contributed by atoms with E-state index in [0.29, 0.717) is 6.61 Å². The predicted octanol–water partition coefficient (Wildman–Crippen LogP) is 2.92. The highest BCUT2D eigenvalue weighted by atomic mass is 16.5. The summed E-state index contributed by atoms with van der Waals surface area (Å²) in [5, 5.41) is 3.21. The first-order valence-electron chi connectivity index (χ1n) is 6.94. The Morgan fingerprint density at radius 1 is 1.33 bits per heavy atom. The minimum Gasteiger partial charge on any atom is -0.373 e. The Labute approximate surface area is 109 Å². The second-order valence-corrected chi connectivity index (χ2v) is 5.01. The largest absolute Gasteiger partial charge is 0.373 e. The molecule has 0 saturated heterocycles. The summed E-state index contributed by atoms with van der Waals surface area (Å²) in [5.74, 6) is 2.43. The maximum atomic E-state index is 5.74. The summed E-state index contributed by atoms with van der Waals surface area (Å²) in [5.41, 5.74) is 0.986. The van der Waals surface area contributed by atoms with E-state index in [1.165, 1.54) is 25.7 Å². The van der Waals surface area contributed by atoms with Crippen LogP contribution in [0.5, 0.6) is 0 Å². The summed E-state index contributed by atoms with van der Waals surface area (Å²) in [6.07, 6.45) is 5.35. The van der Waals surface area contributed by atoms with Gasteiger partial charge in [0.1, 0.15) is 12.4 Å². The molecule has 4 nitrogen and oxygen atoms in total. The van der Waals surface area contributed by atoms with Gasteiger partial charge in [0.15, 0.2) is 5.82 Å². The number of aryl methyl sites for hydroxylation is 1. The third-order valence-corrected chi connectivity index (χ3v) is 3.32. The Bertz CT molecular complexity index is 375. The molecule has 0 unspecified atom stereocenters. The molecule has 1 heterocycles. The summed E-state index contributed by atoms with van der Waals surface area (Å²) in [4.78, 5) is 8.84. The summed E-state index contributed by atoms with van der Waals surface area (Å²) in [6, 6.07) is 1.96. The number of ether oxygens (including phenoxy) is 1. The van der Waals surface area contributed by atoms with Crippen LogP contribution in [0.25, 0.3) is 0 Å². The first-order valence-corrected chi connectivity index (χ1v) is 6.94. The number of rotatable bonds is 6. The van der Waals surface area contributed by atoms with Gasteiger partial charge in [-0.1, -0.05) is 12.8 Å². The van der Waals surface area contributed by atoms with E-state index >= 15 is 0 Å². The lowest BCUT2D eigenvalue weighted by atomic mass is 10.1. The van der Waals surface area contributed by atoms with Gasteiger partial charge in [0, 0.05) is 24.9 Å². The molecule has 2 rings (SSSR count). The van der Waals surface area contributed by atoms with Crippen LogP contribution >= 0.6 is 0 Å². The quantitative estimate of drug-likeness (QED) is 0.842. The molecule has 18 heavy (non-hydrogen) atoms. The van der Waals surface area contributed by atoms with Gasteiger partial charge in [-0.05, 0) is 32.6 Å². The van der Waals surface area contributed by atoms with Gasteiger partial charge >= 0.3 is 0 Å². The Morgan fingerprint density at radius 2 is 2.11 bits per heavy atom. The summed E-state index contributed by atoms with van der Waals surface area (Å²) in [6.45, 7) is 6.31. The highest BCUT2D eigenvalue weighted by Gasteiger charge is 2.15. The van der Waals surface area contributed by atoms with Gasteiger partial charge in [-0.3, -0.25) is 0 Å². The predicted molar refractivity (Wildman–Crippen MR) is 72.5 cm³/mol. The van der Waals surface area contributed by atoms with E-state index in [1.807, 2.05) is 13.0 Å². The zero-order valence-corrected chi connectivity index (χ0v) is 11.4. The molecule has 0 aromatic carbocycles. The Hall–Kier alpha value is -1.16. The van der Waals surface area contributed by atoms with Gasteiger partial charge in [0.2, 0.25) is 0 Å². The van der Waals surface area contributed by atoms with Crippen LogP contribution in [0, 0.1) is 12.8 Å². The van der Waals surface area contributed by atoms with Gasteiger partial charge < -0.3 is 10.1 Å². The van der Waals surface area contributed by atoms with Gasteiger partial charge in [0.25, 0.3) is 0 Å². The van der Waals surface area contributed by atoms with Crippen LogP contribution < -0.4 is 5.32 Å². The minimum atomic E-state index is 0.524. The molecule has 0 radical (unpaired) electrons. The molecule has 1 N–H and O–H groups in total.